The van der Waals surface area contributed by atoms with E-state index < -0.39 is 0 Å². The number of rotatable bonds is 2. The van der Waals surface area contributed by atoms with Gasteiger partial charge in [-0.3, -0.25) is 10.2 Å². The van der Waals surface area contributed by atoms with Gasteiger partial charge in [-0.1, -0.05) is 35.9 Å². The number of carbonyl (C=O) groups is 1. The normalized spacial score (nSPS) is 10.8. The van der Waals surface area contributed by atoms with Crippen molar-refractivity contribution in [3.8, 4) is 0 Å². The Morgan fingerprint density at radius 1 is 1.29 bits per heavy atom. The van der Waals surface area contributed by atoms with E-state index >= 15 is 0 Å². The molecule has 1 amide bonds. The highest BCUT2D eigenvalue weighted by molar-refractivity contribution is 6.34. The summed E-state index contributed by atoms with van der Waals surface area (Å²) in [7, 11) is 3.51. The predicted octanol–water partition coefficient (Wildman–Crippen LogP) is 2.09. The molecule has 0 saturated carbocycles. The van der Waals surface area contributed by atoms with E-state index in [1.54, 1.807) is 19.1 Å². The lowest BCUT2D eigenvalue weighted by Gasteiger charge is -2.13. The van der Waals surface area contributed by atoms with Gasteiger partial charge in [-0.15, -0.1) is 0 Å². The third-order valence-corrected chi connectivity index (χ3v) is 2.62. The van der Waals surface area contributed by atoms with Gasteiger partial charge in [0, 0.05) is 25.7 Å². The van der Waals surface area contributed by atoms with Gasteiger partial charge in [0.05, 0.1) is 5.56 Å². The molecule has 1 aromatic carbocycles. The first kappa shape index (κ1) is 11.8. The van der Waals surface area contributed by atoms with Crippen molar-refractivity contribution >= 4 is 28.3 Å². The third kappa shape index (κ3) is 2.38. The van der Waals surface area contributed by atoms with Gasteiger partial charge >= 0.3 is 0 Å². The number of benzene rings is 1. The Labute approximate surface area is 104 Å². The van der Waals surface area contributed by atoms with Crippen LogP contribution >= 0.6 is 11.6 Å². The number of halogens is 1. The lowest BCUT2D eigenvalue weighted by atomic mass is 10.1. The van der Waals surface area contributed by atoms with Crippen LogP contribution in [0.5, 0.6) is 0 Å². The zero-order valence-electron chi connectivity index (χ0n) is 9.57. The van der Waals surface area contributed by atoms with Gasteiger partial charge in [0.15, 0.2) is 0 Å². The van der Waals surface area contributed by atoms with Gasteiger partial charge in [-0.25, -0.2) is 9.99 Å². The maximum atomic E-state index is 11.9. The molecule has 1 aromatic heterocycles. The first-order valence-electron chi connectivity index (χ1n) is 5.11. The summed E-state index contributed by atoms with van der Waals surface area (Å²) in [6.45, 7) is 0. The number of carbonyl (C=O) groups excluding carboxylic acids is 1. The number of hydrogen-bond donors (Lipinski definition) is 1. The number of pyridine rings is 1. The average molecular weight is 250 g/mol. The van der Waals surface area contributed by atoms with Crippen LogP contribution in [0.15, 0.2) is 30.5 Å². The fourth-order valence-corrected chi connectivity index (χ4v) is 1.82. The van der Waals surface area contributed by atoms with Gasteiger partial charge < -0.3 is 0 Å². The first-order chi connectivity index (χ1) is 8.09. The molecule has 88 valence electrons. The highest BCUT2D eigenvalue weighted by atomic mass is 35.5. The zero-order chi connectivity index (χ0) is 12.4. The Morgan fingerprint density at radius 2 is 1.94 bits per heavy atom. The smallest absolute Gasteiger partial charge is 0.267 e. The minimum Gasteiger partial charge on any atom is -0.285 e. The van der Waals surface area contributed by atoms with Gasteiger partial charge in [-0.05, 0) is 5.39 Å². The molecule has 2 rings (SSSR count). The maximum Gasteiger partial charge on any atom is 0.267 e. The summed E-state index contributed by atoms with van der Waals surface area (Å²) in [5, 5.41) is 3.57. The van der Waals surface area contributed by atoms with Crippen LogP contribution in [0.2, 0.25) is 5.15 Å². The number of aromatic nitrogens is 1. The van der Waals surface area contributed by atoms with Gasteiger partial charge in [-0.2, -0.15) is 0 Å². The van der Waals surface area contributed by atoms with Crippen LogP contribution in [-0.4, -0.2) is 30.0 Å². The summed E-state index contributed by atoms with van der Waals surface area (Å²) in [4.78, 5) is 16.0. The summed E-state index contributed by atoms with van der Waals surface area (Å²) in [6.07, 6.45) is 1.49. The summed E-state index contributed by atoms with van der Waals surface area (Å²) in [5.41, 5.74) is 3.19. The zero-order valence-corrected chi connectivity index (χ0v) is 10.3. The molecule has 0 spiro atoms. The first-order valence-corrected chi connectivity index (χ1v) is 5.49. The Balaban J connectivity index is 2.55. The number of fused-ring (bicyclic) bond motifs is 1. The Morgan fingerprint density at radius 3 is 2.59 bits per heavy atom. The van der Waals surface area contributed by atoms with Crippen molar-refractivity contribution < 1.29 is 4.79 Å². The second-order valence-corrected chi connectivity index (χ2v) is 4.20. The van der Waals surface area contributed by atoms with E-state index in [2.05, 4.69) is 10.4 Å². The Bertz CT molecular complexity index is 569. The van der Waals surface area contributed by atoms with E-state index in [4.69, 9.17) is 11.6 Å². The number of amides is 1. The molecule has 2 aromatic rings. The Hall–Kier alpha value is -1.65. The van der Waals surface area contributed by atoms with Gasteiger partial charge in [0.25, 0.3) is 5.91 Å². The second kappa shape index (κ2) is 4.69. The molecule has 0 atom stereocenters. The standard InChI is InChI=1S/C12H12ClN3O/c1-16(2)15-12(17)10-7-14-11(13)9-6-4-3-5-8(9)10/h3-7H,1-2H3,(H,15,17). The molecule has 5 heteroatoms. The van der Waals surface area contributed by atoms with Crippen LogP contribution in [0.3, 0.4) is 0 Å². The lowest BCUT2D eigenvalue weighted by Crippen LogP contribution is -2.36. The van der Waals surface area contributed by atoms with E-state index in [0.717, 1.165) is 10.8 Å². The van der Waals surface area contributed by atoms with E-state index in [0.29, 0.717) is 10.7 Å². The molecule has 0 radical (unpaired) electrons. The molecule has 1 heterocycles. The fraction of sp³-hybridized carbons (Fsp3) is 0.167. The van der Waals surface area contributed by atoms with E-state index in [1.165, 1.54) is 6.20 Å². The molecule has 0 bridgehead atoms. The van der Waals surface area contributed by atoms with Crippen molar-refractivity contribution in [1.29, 1.82) is 0 Å². The van der Waals surface area contributed by atoms with Crippen LogP contribution in [0.25, 0.3) is 10.8 Å². The monoisotopic (exact) mass is 249 g/mol. The second-order valence-electron chi connectivity index (χ2n) is 3.84. The molecule has 0 saturated heterocycles. The Kier molecular flexibility index (Phi) is 3.26. The van der Waals surface area contributed by atoms with Crippen LogP contribution in [-0.2, 0) is 0 Å². The predicted molar refractivity (Wildman–Crippen MR) is 67.9 cm³/mol. The summed E-state index contributed by atoms with van der Waals surface area (Å²) >= 11 is 5.99. The summed E-state index contributed by atoms with van der Waals surface area (Å²) in [6, 6.07) is 7.43. The van der Waals surface area contributed by atoms with Gasteiger partial charge in [0.2, 0.25) is 0 Å². The molecule has 0 aliphatic carbocycles. The molecule has 0 fully saturated rings. The van der Waals surface area contributed by atoms with Crippen molar-refractivity contribution in [2.24, 2.45) is 0 Å². The largest absolute Gasteiger partial charge is 0.285 e. The number of hydrazine groups is 1. The van der Waals surface area contributed by atoms with Crippen molar-refractivity contribution in [1.82, 2.24) is 15.4 Å². The van der Waals surface area contributed by atoms with Crippen LogP contribution in [0, 0.1) is 0 Å². The molecule has 1 N–H and O–H groups in total. The molecule has 0 unspecified atom stereocenters. The highest BCUT2D eigenvalue weighted by Gasteiger charge is 2.12. The molecule has 17 heavy (non-hydrogen) atoms. The topological polar surface area (TPSA) is 45.2 Å². The van der Waals surface area contributed by atoms with Gasteiger partial charge in [0.1, 0.15) is 5.15 Å². The third-order valence-electron chi connectivity index (χ3n) is 2.32. The highest BCUT2D eigenvalue weighted by Crippen LogP contribution is 2.23. The molecule has 0 aliphatic rings. The van der Waals surface area contributed by atoms with Crippen molar-refractivity contribution in [3.05, 3.63) is 41.2 Å². The molecular weight excluding hydrogens is 238 g/mol. The minimum absolute atomic E-state index is 0.199. The van der Waals surface area contributed by atoms with E-state index in [9.17, 15) is 4.79 Å². The van der Waals surface area contributed by atoms with Crippen molar-refractivity contribution in [3.63, 3.8) is 0 Å². The summed E-state index contributed by atoms with van der Waals surface area (Å²) < 4.78 is 0. The van der Waals surface area contributed by atoms with Crippen LogP contribution in [0.4, 0.5) is 0 Å². The van der Waals surface area contributed by atoms with Crippen molar-refractivity contribution in [2.75, 3.05) is 14.1 Å². The van der Waals surface area contributed by atoms with Crippen LogP contribution < -0.4 is 5.43 Å². The summed E-state index contributed by atoms with van der Waals surface area (Å²) in [5.74, 6) is -0.199. The lowest BCUT2D eigenvalue weighted by molar-refractivity contribution is 0.0858. The van der Waals surface area contributed by atoms with Crippen LogP contribution in [0.1, 0.15) is 10.4 Å². The molecule has 0 aliphatic heterocycles. The molecular formula is C12H12ClN3O. The maximum absolute atomic E-state index is 11.9. The van der Waals surface area contributed by atoms with E-state index in [-0.39, 0.29) is 5.91 Å². The van der Waals surface area contributed by atoms with Crippen molar-refractivity contribution in [2.45, 2.75) is 0 Å². The van der Waals surface area contributed by atoms with E-state index in [1.807, 2.05) is 24.3 Å². The fourth-order valence-electron chi connectivity index (χ4n) is 1.60. The number of hydrogen-bond acceptors (Lipinski definition) is 3. The number of nitrogens with one attached hydrogen (secondary N) is 1. The SMILES string of the molecule is CN(C)NC(=O)c1cnc(Cl)c2ccccc12. The minimum atomic E-state index is -0.199. The molecule has 4 nitrogen and oxygen atoms in total. The average Bonchev–Trinajstić information content (AvgIpc) is 2.29. The number of nitrogens with zero attached hydrogens (tertiary/aromatic N) is 2. The quantitative estimate of drug-likeness (QED) is 0.655.